The third-order valence-electron chi connectivity index (χ3n) is 2.74. The van der Waals surface area contributed by atoms with Gasteiger partial charge in [0, 0.05) is 12.1 Å². The largest absolute Gasteiger partial charge is 0.444 e. The van der Waals surface area contributed by atoms with Crippen LogP contribution in [0.2, 0.25) is 0 Å². The van der Waals surface area contributed by atoms with Crippen LogP contribution in [0.5, 0.6) is 0 Å². The van der Waals surface area contributed by atoms with E-state index in [4.69, 9.17) is 4.74 Å². The molecule has 4 heteroatoms. The number of rotatable bonds is 4. The molecule has 0 aliphatic heterocycles. The van der Waals surface area contributed by atoms with Crippen LogP contribution in [0.15, 0.2) is 24.3 Å². The van der Waals surface area contributed by atoms with E-state index in [-0.39, 0.29) is 5.78 Å². The van der Waals surface area contributed by atoms with Crippen molar-refractivity contribution in [2.45, 2.75) is 40.2 Å². The van der Waals surface area contributed by atoms with Crippen molar-refractivity contribution in [2.75, 3.05) is 6.54 Å². The Morgan fingerprint density at radius 3 is 2.48 bits per heavy atom. The first kappa shape index (κ1) is 17.0. The number of alkyl carbamates (subject to hydrolysis) is 1. The summed E-state index contributed by atoms with van der Waals surface area (Å²) in [5.41, 5.74) is 2.26. The van der Waals surface area contributed by atoms with E-state index in [1.54, 1.807) is 13.0 Å². The van der Waals surface area contributed by atoms with E-state index in [0.29, 0.717) is 12.1 Å². The van der Waals surface area contributed by atoms with Gasteiger partial charge in [-0.3, -0.25) is 4.79 Å². The monoisotopic (exact) mass is 289 g/mol. The standard InChI is InChI=1S/C17H23NO3/c1-12-11-15(13(2)19)9-8-14(12)7-6-10-18-16(20)21-17(3,4)5/h6-9,11H,10H2,1-5H3,(H,18,20). The Hall–Kier alpha value is -2.10. The molecule has 4 nitrogen and oxygen atoms in total. The van der Waals surface area contributed by atoms with Crippen molar-refractivity contribution in [1.29, 1.82) is 0 Å². The normalized spacial score (nSPS) is 11.5. The van der Waals surface area contributed by atoms with Gasteiger partial charge in [0.05, 0.1) is 0 Å². The third-order valence-corrected chi connectivity index (χ3v) is 2.74. The number of amides is 1. The maximum Gasteiger partial charge on any atom is 0.407 e. The first-order valence-corrected chi connectivity index (χ1v) is 6.94. The number of benzene rings is 1. The molecule has 1 aromatic rings. The van der Waals surface area contributed by atoms with Gasteiger partial charge < -0.3 is 10.1 Å². The van der Waals surface area contributed by atoms with Crippen LogP contribution < -0.4 is 5.32 Å². The lowest BCUT2D eigenvalue weighted by molar-refractivity contribution is 0.0534. The fourth-order valence-corrected chi connectivity index (χ4v) is 1.72. The van der Waals surface area contributed by atoms with E-state index in [0.717, 1.165) is 11.1 Å². The fourth-order valence-electron chi connectivity index (χ4n) is 1.72. The second kappa shape index (κ2) is 7.07. The Morgan fingerprint density at radius 1 is 1.29 bits per heavy atom. The quantitative estimate of drug-likeness (QED) is 0.859. The molecular formula is C17H23NO3. The van der Waals surface area contributed by atoms with Crippen LogP contribution in [0.4, 0.5) is 4.79 Å². The molecule has 0 bridgehead atoms. The van der Waals surface area contributed by atoms with Crippen LogP contribution in [-0.4, -0.2) is 24.0 Å². The van der Waals surface area contributed by atoms with Crippen molar-refractivity contribution >= 4 is 18.0 Å². The minimum atomic E-state index is -0.493. The third kappa shape index (κ3) is 6.25. The van der Waals surface area contributed by atoms with Gasteiger partial charge in [-0.1, -0.05) is 24.3 Å². The van der Waals surface area contributed by atoms with Gasteiger partial charge in [-0.15, -0.1) is 0 Å². The van der Waals surface area contributed by atoms with Gasteiger partial charge in [0.1, 0.15) is 5.60 Å². The first-order valence-electron chi connectivity index (χ1n) is 6.94. The molecule has 0 aliphatic carbocycles. The van der Waals surface area contributed by atoms with E-state index in [2.05, 4.69) is 5.32 Å². The molecule has 0 saturated heterocycles. The number of ether oxygens (including phenoxy) is 1. The van der Waals surface area contributed by atoms with Gasteiger partial charge in [-0.2, -0.15) is 0 Å². The predicted molar refractivity (Wildman–Crippen MR) is 84.5 cm³/mol. The molecule has 0 saturated carbocycles. The Morgan fingerprint density at radius 2 is 1.95 bits per heavy atom. The Kier molecular flexibility index (Phi) is 5.70. The molecule has 0 radical (unpaired) electrons. The van der Waals surface area contributed by atoms with Gasteiger partial charge in [-0.25, -0.2) is 4.79 Å². The molecule has 0 aromatic heterocycles. The molecule has 21 heavy (non-hydrogen) atoms. The zero-order chi connectivity index (χ0) is 16.0. The lowest BCUT2D eigenvalue weighted by atomic mass is 10.0. The van der Waals surface area contributed by atoms with Crippen LogP contribution in [-0.2, 0) is 4.74 Å². The van der Waals surface area contributed by atoms with E-state index in [1.807, 2.05) is 52.0 Å². The van der Waals surface area contributed by atoms with Crippen LogP contribution in [0, 0.1) is 6.92 Å². The summed E-state index contributed by atoms with van der Waals surface area (Å²) in [6.45, 7) is 9.36. The summed E-state index contributed by atoms with van der Waals surface area (Å²) in [4.78, 5) is 22.7. The molecule has 0 spiro atoms. The van der Waals surface area contributed by atoms with E-state index in [1.165, 1.54) is 0 Å². The lowest BCUT2D eigenvalue weighted by Crippen LogP contribution is -2.32. The number of hydrogen-bond acceptors (Lipinski definition) is 3. The molecule has 1 N–H and O–H groups in total. The van der Waals surface area contributed by atoms with Gasteiger partial charge >= 0.3 is 6.09 Å². The summed E-state index contributed by atoms with van der Waals surface area (Å²) in [5, 5.41) is 2.66. The summed E-state index contributed by atoms with van der Waals surface area (Å²) < 4.78 is 5.13. The van der Waals surface area contributed by atoms with Crippen molar-refractivity contribution in [3.8, 4) is 0 Å². The minimum Gasteiger partial charge on any atom is -0.444 e. The molecule has 114 valence electrons. The number of carbonyl (C=O) groups is 2. The molecule has 0 unspecified atom stereocenters. The zero-order valence-corrected chi connectivity index (χ0v) is 13.3. The summed E-state index contributed by atoms with van der Waals surface area (Å²) in [5.74, 6) is 0.0558. The minimum absolute atomic E-state index is 0.0558. The maximum atomic E-state index is 11.5. The van der Waals surface area contributed by atoms with Crippen molar-refractivity contribution in [1.82, 2.24) is 5.32 Å². The molecule has 0 fully saturated rings. The van der Waals surface area contributed by atoms with Crippen molar-refractivity contribution in [3.63, 3.8) is 0 Å². The van der Waals surface area contributed by atoms with Gasteiger partial charge in [0.2, 0.25) is 0 Å². The highest BCUT2D eigenvalue weighted by molar-refractivity contribution is 5.94. The molecule has 0 aliphatic rings. The van der Waals surface area contributed by atoms with E-state index in [9.17, 15) is 9.59 Å². The average Bonchev–Trinajstić information content (AvgIpc) is 2.33. The van der Waals surface area contributed by atoms with Gasteiger partial charge in [-0.05, 0) is 51.8 Å². The Balaban J connectivity index is 2.54. The van der Waals surface area contributed by atoms with E-state index >= 15 is 0 Å². The SMILES string of the molecule is CC(=O)c1ccc(C=CCNC(=O)OC(C)(C)C)c(C)c1. The summed E-state index contributed by atoms with van der Waals surface area (Å²) in [7, 11) is 0. The number of aryl methyl sites for hydroxylation is 1. The molecule has 1 rings (SSSR count). The number of Topliss-reactive ketones (excluding diaryl/α,β-unsaturated/α-hetero) is 1. The number of nitrogens with one attached hydrogen (secondary N) is 1. The molecule has 0 heterocycles. The lowest BCUT2D eigenvalue weighted by Gasteiger charge is -2.19. The van der Waals surface area contributed by atoms with Crippen LogP contribution in [0.1, 0.15) is 49.2 Å². The van der Waals surface area contributed by atoms with Crippen LogP contribution >= 0.6 is 0 Å². The number of ketones is 1. The van der Waals surface area contributed by atoms with Crippen LogP contribution in [0.3, 0.4) is 0 Å². The highest BCUT2D eigenvalue weighted by Gasteiger charge is 2.14. The predicted octanol–water partition coefficient (Wildman–Crippen LogP) is 3.74. The van der Waals surface area contributed by atoms with E-state index < -0.39 is 11.7 Å². The molecular weight excluding hydrogens is 266 g/mol. The molecule has 0 atom stereocenters. The zero-order valence-electron chi connectivity index (χ0n) is 13.3. The van der Waals surface area contributed by atoms with Crippen molar-refractivity contribution in [3.05, 3.63) is 41.0 Å². The van der Waals surface area contributed by atoms with Crippen LogP contribution in [0.25, 0.3) is 6.08 Å². The highest BCUT2D eigenvalue weighted by Crippen LogP contribution is 2.13. The topological polar surface area (TPSA) is 55.4 Å². The second-order valence-corrected chi connectivity index (χ2v) is 5.91. The summed E-state index contributed by atoms with van der Waals surface area (Å²) in [6.07, 6.45) is 3.33. The van der Waals surface area contributed by atoms with Gasteiger partial charge in [0.15, 0.2) is 5.78 Å². The Bertz CT molecular complexity index is 554. The van der Waals surface area contributed by atoms with Gasteiger partial charge in [0.25, 0.3) is 0 Å². The second-order valence-electron chi connectivity index (χ2n) is 5.91. The first-order chi connectivity index (χ1) is 9.69. The summed E-state index contributed by atoms with van der Waals surface area (Å²) in [6, 6.07) is 5.57. The molecule has 1 aromatic carbocycles. The molecule has 1 amide bonds. The number of carbonyl (C=O) groups excluding carboxylic acids is 2. The smallest absolute Gasteiger partial charge is 0.407 e. The number of hydrogen-bond donors (Lipinski definition) is 1. The average molecular weight is 289 g/mol. The summed E-state index contributed by atoms with van der Waals surface area (Å²) >= 11 is 0. The maximum absolute atomic E-state index is 11.5. The van der Waals surface area contributed by atoms with Crippen molar-refractivity contribution in [2.24, 2.45) is 0 Å². The Labute approximate surface area is 126 Å². The highest BCUT2D eigenvalue weighted by atomic mass is 16.6. The van der Waals surface area contributed by atoms with Crippen molar-refractivity contribution < 1.29 is 14.3 Å². The fraction of sp³-hybridized carbons (Fsp3) is 0.412.